The number of hydrogen-bond acceptors (Lipinski definition) is 1. The fourth-order valence-electron chi connectivity index (χ4n) is 9.84. The van der Waals surface area contributed by atoms with E-state index in [1.54, 1.807) is 0 Å². The molecule has 61 heavy (non-hydrogen) atoms. The molecule has 13 rings (SSSR count). The molecule has 13 aromatic rings. The molecule has 10 aromatic carbocycles. The molecule has 0 aliphatic rings. The van der Waals surface area contributed by atoms with E-state index in [0.717, 1.165) is 33.3 Å². The van der Waals surface area contributed by atoms with Gasteiger partial charge in [0, 0.05) is 43.7 Å². The topological polar surface area (TPSA) is 23.0 Å². The van der Waals surface area contributed by atoms with Gasteiger partial charge in [-0.3, -0.25) is 0 Å². The van der Waals surface area contributed by atoms with Crippen molar-refractivity contribution in [3.63, 3.8) is 0 Å². The molecule has 0 radical (unpaired) electrons. The third-order valence-corrected chi connectivity index (χ3v) is 12.7. The maximum absolute atomic E-state index is 6.31. The number of benzene rings is 10. The van der Waals surface area contributed by atoms with Gasteiger partial charge in [0.2, 0.25) is 0 Å². The van der Waals surface area contributed by atoms with Crippen LogP contribution in [0.5, 0.6) is 0 Å². The van der Waals surface area contributed by atoms with Crippen molar-refractivity contribution in [3.05, 3.63) is 218 Å². The molecule has 3 aromatic heterocycles. The standard InChI is InChI=1S/C58H36N2O/c1-2-13-44(14-3-1)59-54-31-26-42(35-50(54)51-36-43(27-32-55(51)59)46-17-10-20-57-58(46)48-16-7-9-19-56(48)61-57)41-25-30-53-49(34-41)47-15-6-8-18-52(47)60(53)45-28-23-38(24-29-45)40-22-21-37-11-4-5-12-39(37)33-40/h1-36H. The van der Waals surface area contributed by atoms with Crippen molar-refractivity contribution in [2.45, 2.75) is 0 Å². The number of hydrogen-bond donors (Lipinski definition) is 0. The molecule has 0 fully saturated rings. The van der Waals surface area contributed by atoms with E-state index in [2.05, 4.69) is 221 Å². The summed E-state index contributed by atoms with van der Waals surface area (Å²) in [7, 11) is 0. The maximum Gasteiger partial charge on any atom is 0.136 e. The van der Waals surface area contributed by atoms with Crippen LogP contribution in [0.4, 0.5) is 0 Å². The van der Waals surface area contributed by atoms with Gasteiger partial charge in [-0.25, -0.2) is 0 Å². The summed E-state index contributed by atoms with van der Waals surface area (Å²) in [5.41, 5.74) is 16.0. The summed E-state index contributed by atoms with van der Waals surface area (Å²) in [6.07, 6.45) is 0. The zero-order chi connectivity index (χ0) is 40.0. The second kappa shape index (κ2) is 13.2. The van der Waals surface area contributed by atoms with Gasteiger partial charge in [0.15, 0.2) is 0 Å². The fraction of sp³-hybridized carbons (Fsp3) is 0. The molecule has 0 spiro atoms. The molecule has 0 amide bonds. The van der Waals surface area contributed by atoms with Crippen LogP contribution in [-0.4, -0.2) is 9.13 Å². The van der Waals surface area contributed by atoms with Crippen molar-refractivity contribution in [2.24, 2.45) is 0 Å². The van der Waals surface area contributed by atoms with Crippen molar-refractivity contribution < 1.29 is 4.42 Å². The van der Waals surface area contributed by atoms with Gasteiger partial charge >= 0.3 is 0 Å². The third-order valence-electron chi connectivity index (χ3n) is 12.7. The van der Waals surface area contributed by atoms with Gasteiger partial charge in [-0.1, -0.05) is 133 Å². The minimum absolute atomic E-state index is 0.905. The van der Waals surface area contributed by atoms with Crippen molar-refractivity contribution in [1.82, 2.24) is 9.13 Å². The van der Waals surface area contributed by atoms with E-state index in [9.17, 15) is 0 Å². The van der Waals surface area contributed by atoms with Gasteiger partial charge in [-0.2, -0.15) is 0 Å². The molecular formula is C58H36N2O. The monoisotopic (exact) mass is 776 g/mol. The molecule has 3 heterocycles. The predicted octanol–water partition coefficient (Wildman–Crippen LogP) is 15.9. The van der Waals surface area contributed by atoms with Crippen LogP contribution in [0.25, 0.3) is 121 Å². The van der Waals surface area contributed by atoms with Crippen LogP contribution in [0.1, 0.15) is 0 Å². The lowest BCUT2D eigenvalue weighted by molar-refractivity contribution is 0.669. The summed E-state index contributed by atoms with van der Waals surface area (Å²) >= 11 is 0. The molecule has 0 atom stereocenters. The van der Waals surface area contributed by atoms with Gasteiger partial charge in [-0.15, -0.1) is 0 Å². The number of rotatable bonds is 5. The van der Waals surface area contributed by atoms with Crippen LogP contribution >= 0.6 is 0 Å². The average Bonchev–Trinajstić information content (AvgIpc) is 3.99. The Bertz CT molecular complexity index is 3860. The van der Waals surface area contributed by atoms with Crippen LogP contribution in [0.15, 0.2) is 223 Å². The largest absolute Gasteiger partial charge is 0.456 e. The second-order valence-corrected chi connectivity index (χ2v) is 16.1. The first-order valence-electron chi connectivity index (χ1n) is 20.9. The van der Waals surface area contributed by atoms with Gasteiger partial charge < -0.3 is 13.6 Å². The Morgan fingerprint density at radius 1 is 0.279 bits per heavy atom. The van der Waals surface area contributed by atoms with E-state index >= 15 is 0 Å². The highest BCUT2D eigenvalue weighted by molar-refractivity contribution is 6.16. The molecule has 3 heteroatoms. The smallest absolute Gasteiger partial charge is 0.136 e. The second-order valence-electron chi connectivity index (χ2n) is 16.1. The van der Waals surface area contributed by atoms with E-state index in [1.165, 1.54) is 87.8 Å². The van der Waals surface area contributed by atoms with E-state index in [0.29, 0.717) is 0 Å². The van der Waals surface area contributed by atoms with E-state index in [-0.39, 0.29) is 0 Å². The van der Waals surface area contributed by atoms with Crippen molar-refractivity contribution in [2.75, 3.05) is 0 Å². The highest BCUT2D eigenvalue weighted by Crippen LogP contribution is 2.42. The van der Waals surface area contributed by atoms with Crippen LogP contribution in [0.2, 0.25) is 0 Å². The van der Waals surface area contributed by atoms with Crippen LogP contribution in [0.3, 0.4) is 0 Å². The lowest BCUT2D eigenvalue weighted by Gasteiger charge is -2.11. The van der Waals surface area contributed by atoms with Gasteiger partial charge in [0.05, 0.1) is 22.1 Å². The fourth-order valence-corrected chi connectivity index (χ4v) is 9.84. The van der Waals surface area contributed by atoms with Gasteiger partial charge in [-0.05, 0) is 129 Å². The van der Waals surface area contributed by atoms with Gasteiger partial charge in [0.25, 0.3) is 0 Å². The molecule has 0 saturated carbocycles. The first kappa shape index (κ1) is 33.8. The summed E-state index contributed by atoms with van der Waals surface area (Å²) in [5.74, 6) is 0. The van der Waals surface area contributed by atoms with Crippen LogP contribution in [-0.2, 0) is 0 Å². The summed E-state index contributed by atoms with van der Waals surface area (Å²) < 4.78 is 11.1. The molecule has 0 aliphatic heterocycles. The maximum atomic E-state index is 6.31. The number of furan rings is 1. The first-order valence-corrected chi connectivity index (χ1v) is 20.9. The molecule has 3 nitrogen and oxygen atoms in total. The molecule has 0 saturated heterocycles. The first-order chi connectivity index (χ1) is 30.2. The number of para-hydroxylation sites is 3. The minimum Gasteiger partial charge on any atom is -0.456 e. The predicted molar refractivity (Wildman–Crippen MR) is 256 cm³/mol. The number of nitrogens with zero attached hydrogens (tertiary/aromatic N) is 2. The quantitative estimate of drug-likeness (QED) is 0.171. The Balaban J connectivity index is 0.958. The summed E-state index contributed by atoms with van der Waals surface area (Å²) in [5, 5.41) is 9.71. The average molecular weight is 777 g/mol. The Kier molecular flexibility index (Phi) is 7.31. The van der Waals surface area contributed by atoms with Crippen molar-refractivity contribution in [3.8, 4) is 44.8 Å². The highest BCUT2D eigenvalue weighted by Gasteiger charge is 2.19. The third kappa shape index (κ3) is 5.24. The summed E-state index contributed by atoms with van der Waals surface area (Å²) in [4.78, 5) is 0. The molecule has 0 bridgehead atoms. The van der Waals surface area contributed by atoms with E-state index in [1.807, 2.05) is 6.07 Å². The summed E-state index contributed by atoms with van der Waals surface area (Å²) in [6.45, 7) is 0. The minimum atomic E-state index is 0.905. The lowest BCUT2D eigenvalue weighted by Crippen LogP contribution is -1.94. The van der Waals surface area contributed by atoms with E-state index in [4.69, 9.17) is 4.42 Å². The van der Waals surface area contributed by atoms with Crippen molar-refractivity contribution >= 4 is 76.3 Å². The van der Waals surface area contributed by atoms with Crippen LogP contribution in [0, 0.1) is 0 Å². The SMILES string of the molecule is c1ccc(-n2c3ccc(-c4ccc5c(c4)c4ccccc4n5-c4ccc(-c5ccc6ccccc6c5)cc4)cc3c3cc(-c4cccc5oc6ccccc6c45)ccc32)cc1. The summed E-state index contributed by atoms with van der Waals surface area (Å²) in [6, 6.07) is 79.3. The van der Waals surface area contributed by atoms with Crippen LogP contribution < -0.4 is 0 Å². The Hall–Kier alpha value is -8.14. The molecule has 0 aliphatic carbocycles. The highest BCUT2D eigenvalue weighted by atomic mass is 16.3. The molecule has 0 unspecified atom stereocenters. The lowest BCUT2D eigenvalue weighted by atomic mass is 9.97. The number of aromatic nitrogens is 2. The zero-order valence-corrected chi connectivity index (χ0v) is 33.1. The molecule has 284 valence electrons. The Labute approximate surface area is 351 Å². The van der Waals surface area contributed by atoms with Crippen molar-refractivity contribution in [1.29, 1.82) is 0 Å². The normalized spacial score (nSPS) is 11.9. The van der Waals surface area contributed by atoms with Gasteiger partial charge in [0.1, 0.15) is 11.2 Å². The van der Waals surface area contributed by atoms with E-state index < -0.39 is 0 Å². The Morgan fingerprint density at radius 2 is 0.787 bits per heavy atom. The molecular weight excluding hydrogens is 741 g/mol. The zero-order valence-electron chi connectivity index (χ0n) is 33.1. The Morgan fingerprint density at radius 3 is 1.54 bits per heavy atom. The molecule has 0 N–H and O–H groups in total. The number of fused-ring (bicyclic) bond motifs is 10.